The van der Waals surface area contributed by atoms with Crippen molar-refractivity contribution in [1.29, 1.82) is 0 Å². The number of nitrogens with two attached hydrogens (primary N) is 1. The van der Waals surface area contributed by atoms with Crippen molar-refractivity contribution in [2.24, 2.45) is 5.73 Å². The van der Waals surface area contributed by atoms with Crippen LogP contribution in [0.15, 0.2) is 6.07 Å². The second-order valence-electron chi connectivity index (χ2n) is 6.23. The Bertz CT molecular complexity index is 763. The predicted molar refractivity (Wildman–Crippen MR) is 101 cm³/mol. The number of benzene rings is 1. The minimum Gasteiger partial charge on any atom is -0.496 e. The molecular weight excluding hydrogens is 393 g/mol. The van der Waals surface area contributed by atoms with Gasteiger partial charge in [-0.3, -0.25) is 4.79 Å². The molecule has 6 N–H and O–H groups in total. The summed E-state index contributed by atoms with van der Waals surface area (Å²) in [6, 6.07) is 0.0280. The van der Waals surface area contributed by atoms with Crippen molar-refractivity contribution in [2.75, 3.05) is 19.9 Å². The quantitative estimate of drug-likeness (QED) is 0.321. The molecule has 10 nitrogen and oxygen atoms in total. The molecule has 156 valence electrons. The molecule has 0 aliphatic rings. The number of carboxylic acids is 2. The molecule has 1 rings (SSSR count). The molecule has 1 aromatic carbocycles. The fourth-order valence-electron chi connectivity index (χ4n) is 2.50. The van der Waals surface area contributed by atoms with Crippen LogP contribution in [0.5, 0.6) is 5.75 Å². The monoisotopic (exact) mass is 418 g/mol. The lowest BCUT2D eigenvalue weighted by atomic mass is 9.97. The van der Waals surface area contributed by atoms with E-state index < -0.39 is 44.0 Å². The summed E-state index contributed by atoms with van der Waals surface area (Å²) in [5.41, 5.74) is 6.04. The summed E-state index contributed by atoms with van der Waals surface area (Å²) in [5, 5.41) is 17.5. The van der Waals surface area contributed by atoms with Gasteiger partial charge in [0.2, 0.25) is 0 Å². The van der Waals surface area contributed by atoms with E-state index in [1.807, 2.05) is 0 Å². The second kappa shape index (κ2) is 9.90. The number of carboxylic acid groups (broad SMARTS) is 2. The third-order valence-electron chi connectivity index (χ3n) is 4.31. The Morgan fingerprint density at radius 2 is 1.79 bits per heavy atom. The summed E-state index contributed by atoms with van der Waals surface area (Å²) in [4.78, 5) is 54.6. The Balaban J connectivity index is 3.16. The summed E-state index contributed by atoms with van der Waals surface area (Å²) in [6.07, 6.45) is -0.721. The van der Waals surface area contributed by atoms with Crippen LogP contribution in [0.25, 0.3) is 0 Å². The van der Waals surface area contributed by atoms with Gasteiger partial charge in [0.05, 0.1) is 19.3 Å². The van der Waals surface area contributed by atoms with E-state index in [9.17, 15) is 24.2 Å². The first-order chi connectivity index (χ1) is 12.9. The maximum atomic E-state index is 12.7. The van der Waals surface area contributed by atoms with E-state index in [4.69, 9.17) is 25.4 Å². The van der Waals surface area contributed by atoms with Gasteiger partial charge in [0.1, 0.15) is 24.6 Å². The number of hydrogen-bond acceptors (Lipinski definition) is 8. The van der Waals surface area contributed by atoms with Crippen molar-refractivity contribution < 1.29 is 43.9 Å². The maximum absolute atomic E-state index is 12.7. The van der Waals surface area contributed by atoms with E-state index in [0.717, 1.165) is 0 Å². The maximum Gasteiger partial charge on any atom is 0.357 e. The molecule has 0 aliphatic heterocycles. The molecule has 0 aromatic heterocycles. The third-order valence-corrected chi connectivity index (χ3v) is 6.08. The minimum absolute atomic E-state index is 0.0264. The standard InChI is InChI=1S/C17H24NO9P/c1-9-10(2)12(7-27-8-15(19)20)14(26-3)6-11(9)17(23)28(24,25)5-4-13(18)16(21)22/h6,13,24-25H,4-5,7-8,18H2,1-3H3,(H-,19,20,21,22)/p+1. The molecule has 0 saturated heterocycles. The van der Waals surface area contributed by atoms with E-state index >= 15 is 0 Å². The second-order valence-corrected chi connectivity index (χ2v) is 8.55. The molecule has 11 heteroatoms. The zero-order valence-electron chi connectivity index (χ0n) is 15.8. The summed E-state index contributed by atoms with van der Waals surface area (Å²) in [7, 11) is -2.77. The highest BCUT2D eigenvalue weighted by molar-refractivity contribution is 7.81. The Kier molecular flexibility index (Phi) is 8.47. The molecule has 0 saturated carbocycles. The molecule has 0 spiro atoms. The number of carbonyl (C=O) groups is 3. The van der Waals surface area contributed by atoms with Crippen LogP contribution in [0.3, 0.4) is 0 Å². The van der Waals surface area contributed by atoms with Crippen LogP contribution < -0.4 is 10.5 Å². The summed E-state index contributed by atoms with van der Waals surface area (Å²) in [6.45, 7) is 2.70. The van der Waals surface area contributed by atoms with Gasteiger partial charge in [0.15, 0.2) is 0 Å². The lowest BCUT2D eigenvalue weighted by Gasteiger charge is -2.18. The number of rotatable bonds is 11. The smallest absolute Gasteiger partial charge is 0.357 e. The molecule has 0 fully saturated rings. The molecule has 0 radical (unpaired) electrons. The SMILES string of the molecule is COc1cc(C(=O)[P+](O)(O)CCC(N)C(=O)O)c(C)c(C)c1COCC(=O)O. The van der Waals surface area contributed by atoms with Crippen LogP contribution in [0.2, 0.25) is 0 Å². The Morgan fingerprint density at radius 3 is 2.29 bits per heavy atom. The fourth-order valence-corrected chi connectivity index (χ4v) is 3.96. The molecule has 0 heterocycles. The van der Waals surface area contributed by atoms with Crippen LogP contribution in [0.4, 0.5) is 0 Å². The number of aliphatic carboxylic acids is 2. The van der Waals surface area contributed by atoms with Crippen LogP contribution >= 0.6 is 7.72 Å². The Labute approximate surface area is 162 Å². The highest BCUT2D eigenvalue weighted by atomic mass is 31.2. The van der Waals surface area contributed by atoms with Gasteiger partial charge < -0.3 is 25.4 Å². The topological polar surface area (TPSA) is 177 Å². The number of hydrogen-bond donors (Lipinski definition) is 5. The largest absolute Gasteiger partial charge is 0.496 e. The average molecular weight is 418 g/mol. The number of ether oxygens (including phenoxy) is 2. The van der Waals surface area contributed by atoms with Gasteiger partial charge >= 0.3 is 25.2 Å². The highest BCUT2D eigenvalue weighted by Crippen LogP contribution is 2.54. The highest BCUT2D eigenvalue weighted by Gasteiger charge is 2.46. The van der Waals surface area contributed by atoms with Crippen LogP contribution in [-0.4, -0.2) is 63.4 Å². The molecule has 0 amide bonds. The zero-order chi connectivity index (χ0) is 21.6. The van der Waals surface area contributed by atoms with Crippen molar-refractivity contribution >= 4 is 25.2 Å². The first-order valence-electron chi connectivity index (χ1n) is 8.25. The van der Waals surface area contributed by atoms with Gasteiger partial charge in [-0.2, -0.15) is 0 Å². The summed E-state index contributed by atoms with van der Waals surface area (Å²) in [5.74, 6) is -2.19. The van der Waals surface area contributed by atoms with Gasteiger partial charge in [0.25, 0.3) is 0 Å². The fraction of sp³-hybridized carbons (Fsp3) is 0.471. The lowest BCUT2D eigenvalue weighted by molar-refractivity contribution is -0.142. The van der Waals surface area contributed by atoms with Crippen molar-refractivity contribution in [3.05, 3.63) is 28.3 Å². The molecule has 0 bridgehead atoms. The van der Waals surface area contributed by atoms with E-state index in [1.165, 1.54) is 13.2 Å². The predicted octanol–water partition coefficient (Wildman–Crippen LogP) is 0.688. The van der Waals surface area contributed by atoms with E-state index in [2.05, 4.69) is 0 Å². The number of methoxy groups -OCH3 is 1. The minimum atomic E-state index is -4.12. The van der Waals surface area contributed by atoms with Gasteiger partial charge in [0, 0.05) is 12.0 Å². The van der Waals surface area contributed by atoms with Crippen LogP contribution in [0.1, 0.15) is 33.5 Å². The average Bonchev–Trinajstić information content (AvgIpc) is 2.62. The van der Waals surface area contributed by atoms with E-state index in [1.54, 1.807) is 13.8 Å². The lowest BCUT2D eigenvalue weighted by Crippen LogP contribution is -2.31. The van der Waals surface area contributed by atoms with Gasteiger partial charge in [-0.15, -0.1) is 0 Å². The van der Waals surface area contributed by atoms with Crippen molar-refractivity contribution in [3.8, 4) is 5.75 Å². The molecule has 1 unspecified atom stereocenters. The first kappa shape index (κ1) is 23.9. The zero-order valence-corrected chi connectivity index (χ0v) is 16.7. The normalized spacial score (nSPS) is 12.5. The van der Waals surface area contributed by atoms with Crippen molar-refractivity contribution in [2.45, 2.75) is 32.9 Å². The molecule has 1 atom stereocenters. The van der Waals surface area contributed by atoms with Gasteiger partial charge in [-0.05, 0) is 31.0 Å². The van der Waals surface area contributed by atoms with Crippen molar-refractivity contribution in [1.82, 2.24) is 0 Å². The molecule has 0 aliphatic carbocycles. The van der Waals surface area contributed by atoms with Crippen LogP contribution in [-0.2, 0) is 20.9 Å². The number of carbonyl (C=O) groups excluding carboxylic acids is 1. The summed E-state index contributed by atoms with van der Waals surface area (Å²) >= 11 is 0. The molecule has 28 heavy (non-hydrogen) atoms. The summed E-state index contributed by atoms with van der Waals surface area (Å²) < 4.78 is 10.3. The van der Waals surface area contributed by atoms with E-state index in [0.29, 0.717) is 16.7 Å². The third kappa shape index (κ3) is 5.95. The van der Waals surface area contributed by atoms with E-state index in [-0.39, 0.29) is 24.3 Å². The van der Waals surface area contributed by atoms with Gasteiger partial charge in [-0.1, -0.05) is 0 Å². The Hall–Kier alpha value is -2.10. The molecule has 1 aromatic rings. The molecular formula is C17H25NO9P+. The van der Waals surface area contributed by atoms with Crippen molar-refractivity contribution in [3.63, 3.8) is 0 Å². The van der Waals surface area contributed by atoms with Gasteiger partial charge in [-0.25, -0.2) is 19.4 Å². The Morgan fingerprint density at radius 1 is 1.18 bits per heavy atom. The van der Waals surface area contributed by atoms with Crippen LogP contribution in [0, 0.1) is 13.8 Å². The first-order valence-corrected chi connectivity index (χ1v) is 10.1.